The highest BCUT2D eigenvalue weighted by molar-refractivity contribution is 6.31. The Balaban J connectivity index is 1.42. The minimum Gasteiger partial charge on any atom is -0.459 e. The van der Waals surface area contributed by atoms with E-state index in [0.717, 1.165) is 22.3 Å². The number of aliphatic hydroxyl groups excluding tert-OH is 1. The smallest absolute Gasteiger partial charge is 0.248 e. The van der Waals surface area contributed by atoms with E-state index in [0.29, 0.717) is 33.8 Å². The number of benzene rings is 2. The summed E-state index contributed by atoms with van der Waals surface area (Å²) in [6, 6.07) is 18.5. The normalized spacial score (nSPS) is 11.2. The number of anilines is 1. The van der Waals surface area contributed by atoms with Crippen LogP contribution in [0, 0.1) is 13.8 Å². The second kappa shape index (κ2) is 9.30. The van der Waals surface area contributed by atoms with Crippen LogP contribution in [0.1, 0.15) is 22.6 Å². The lowest BCUT2D eigenvalue weighted by atomic mass is 10.1. The lowest BCUT2D eigenvalue weighted by Gasteiger charge is -2.07. The molecule has 4 rings (SSSR count). The molecule has 2 heterocycles. The van der Waals surface area contributed by atoms with E-state index in [1.807, 2.05) is 56.3 Å². The second-order valence-corrected chi connectivity index (χ2v) is 7.85. The van der Waals surface area contributed by atoms with Gasteiger partial charge in [-0.2, -0.15) is 0 Å². The summed E-state index contributed by atoms with van der Waals surface area (Å²) in [4.78, 5) is 12.3. The zero-order valence-corrected chi connectivity index (χ0v) is 18.4. The number of hydrogen-bond donors (Lipinski definition) is 2. The molecule has 0 saturated carbocycles. The van der Waals surface area contributed by atoms with Gasteiger partial charge in [0.25, 0.3) is 0 Å². The molecule has 0 bridgehead atoms. The first-order valence-corrected chi connectivity index (χ1v) is 10.5. The molecule has 0 unspecified atom stereocenters. The summed E-state index contributed by atoms with van der Waals surface area (Å²) in [6.07, 6.45) is 3.04. The fraction of sp³-hybridized carbons (Fsp3) is 0.115. The molecular formula is C26H22ClNO4. The Kier molecular flexibility index (Phi) is 6.30. The van der Waals surface area contributed by atoms with E-state index < -0.39 is 0 Å². The van der Waals surface area contributed by atoms with Gasteiger partial charge in [0.1, 0.15) is 29.6 Å². The highest BCUT2D eigenvalue weighted by Crippen LogP contribution is 2.29. The number of halogens is 1. The summed E-state index contributed by atoms with van der Waals surface area (Å²) < 4.78 is 11.4. The van der Waals surface area contributed by atoms with E-state index >= 15 is 0 Å². The van der Waals surface area contributed by atoms with Crippen molar-refractivity contribution in [2.45, 2.75) is 20.5 Å². The van der Waals surface area contributed by atoms with Gasteiger partial charge in [0, 0.05) is 27.9 Å². The Morgan fingerprint density at radius 2 is 1.78 bits per heavy atom. The van der Waals surface area contributed by atoms with Crippen LogP contribution in [0.25, 0.3) is 28.7 Å². The van der Waals surface area contributed by atoms with Gasteiger partial charge >= 0.3 is 0 Å². The molecule has 2 N–H and O–H groups in total. The van der Waals surface area contributed by atoms with Crippen molar-refractivity contribution in [2.75, 3.05) is 5.32 Å². The summed E-state index contributed by atoms with van der Waals surface area (Å²) in [5.41, 5.74) is 4.39. The first-order valence-electron chi connectivity index (χ1n) is 10.1. The van der Waals surface area contributed by atoms with Gasteiger partial charge in [0.2, 0.25) is 5.91 Å². The maximum atomic E-state index is 12.3. The van der Waals surface area contributed by atoms with Crippen molar-refractivity contribution in [3.8, 4) is 22.6 Å². The van der Waals surface area contributed by atoms with Crippen molar-refractivity contribution in [1.82, 2.24) is 0 Å². The maximum absolute atomic E-state index is 12.3. The number of hydrogen-bond acceptors (Lipinski definition) is 4. The third-order valence-electron chi connectivity index (χ3n) is 5.06. The summed E-state index contributed by atoms with van der Waals surface area (Å²) >= 11 is 6.19. The monoisotopic (exact) mass is 447 g/mol. The molecule has 0 aliphatic rings. The number of aliphatic hydroxyl groups is 1. The average Bonchev–Trinajstić information content (AvgIpc) is 3.44. The highest BCUT2D eigenvalue weighted by Gasteiger charge is 2.09. The maximum Gasteiger partial charge on any atom is 0.248 e. The van der Waals surface area contributed by atoms with E-state index in [1.54, 1.807) is 24.3 Å². The van der Waals surface area contributed by atoms with Crippen LogP contribution in [0.3, 0.4) is 0 Å². The van der Waals surface area contributed by atoms with Gasteiger partial charge in [-0.15, -0.1) is 0 Å². The topological polar surface area (TPSA) is 75.6 Å². The number of rotatable bonds is 6. The second-order valence-electron chi connectivity index (χ2n) is 7.44. The van der Waals surface area contributed by atoms with E-state index in [9.17, 15) is 4.79 Å². The molecule has 2 aromatic carbocycles. The fourth-order valence-corrected chi connectivity index (χ4v) is 3.49. The van der Waals surface area contributed by atoms with Crippen molar-refractivity contribution in [3.63, 3.8) is 0 Å². The number of nitrogens with one attached hydrogen (secondary N) is 1. The summed E-state index contributed by atoms with van der Waals surface area (Å²) in [5, 5.41) is 12.7. The van der Waals surface area contributed by atoms with Crippen LogP contribution in [0.4, 0.5) is 5.69 Å². The van der Waals surface area contributed by atoms with Gasteiger partial charge < -0.3 is 19.3 Å². The van der Waals surface area contributed by atoms with Gasteiger partial charge in [-0.25, -0.2) is 0 Å². The molecule has 1 amide bonds. The van der Waals surface area contributed by atoms with E-state index in [-0.39, 0.29) is 12.5 Å². The minimum absolute atomic E-state index is 0.143. The van der Waals surface area contributed by atoms with Crippen LogP contribution in [0.15, 0.2) is 75.6 Å². The van der Waals surface area contributed by atoms with Crippen LogP contribution in [0.2, 0.25) is 5.02 Å². The number of aryl methyl sites for hydroxylation is 2. The molecule has 0 aliphatic carbocycles. The number of furan rings is 2. The molecule has 5 nitrogen and oxygen atoms in total. The molecule has 0 fully saturated rings. The van der Waals surface area contributed by atoms with Crippen molar-refractivity contribution in [2.24, 2.45) is 0 Å². The lowest BCUT2D eigenvalue weighted by Crippen LogP contribution is -2.07. The van der Waals surface area contributed by atoms with Gasteiger partial charge in [-0.05, 0) is 79.6 Å². The lowest BCUT2D eigenvalue weighted by molar-refractivity contribution is -0.111. The molecule has 2 aromatic heterocycles. The Hall–Kier alpha value is -3.54. The first kappa shape index (κ1) is 21.7. The number of carbonyl (C=O) groups is 1. The van der Waals surface area contributed by atoms with Crippen LogP contribution >= 0.6 is 11.6 Å². The Bertz CT molecular complexity index is 1300. The zero-order valence-electron chi connectivity index (χ0n) is 17.7. The van der Waals surface area contributed by atoms with Crippen molar-refractivity contribution in [1.29, 1.82) is 0 Å². The summed E-state index contributed by atoms with van der Waals surface area (Å²) in [6.45, 7) is 3.74. The molecule has 0 radical (unpaired) electrons. The number of amides is 1. The predicted octanol–water partition coefficient (Wildman–Crippen LogP) is 6.62. The molecule has 6 heteroatoms. The molecule has 32 heavy (non-hydrogen) atoms. The standard InChI is InChI=1S/C26H22ClNO4/c1-16-3-4-18(14-23(16)27)24-10-6-20(31-24)8-12-26(30)28-19-5-9-22(17(2)13-19)25-11-7-21(15-29)32-25/h3-14,29H,15H2,1-2H3,(H,28,30)/b12-8+. The minimum atomic E-state index is -0.269. The molecule has 0 atom stereocenters. The van der Waals surface area contributed by atoms with Gasteiger partial charge in [0.15, 0.2) is 0 Å². The van der Waals surface area contributed by atoms with Gasteiger partial charge in [0.05, 0.1) is 0 Å². The van der Waals surface area contributed by atoms with Crippen LogP contribution in [-0.2, 0) is 11.4 Å². The van der Waals surface area contributed by atoms with Crippen LogP contribution < -0.4 is 5.32 Å². The Morgan fingerprint density at radius 1 is 0.969 bits per heavy atom. The molecule has 0 spiro atoms. The van der Waals surface area contributed by atoms with Crippen LogP contribution in [-0.4, -0.2) is 11.0 Å². The van der Waals surface area contributed by atoms with Gasteiger partial charge in [-0.3, -0.25) is 4.79 Å². The van der Waals surface area contributed by atoms with E-state index in [4.69, 9.17) is 25.5 Å². The summed E-state index contributed by atoms with van der Waals surface area (Å²) in [7, 11) is 0. The highest BCUT2D eigenvalue weighted by atomic mass is 35.5. The zero-order chi connectivity index (χ0) is 22.7. The largest absolute Gasteiger partial charge is 0.459 e. The predicted molar refractivity (Wildman–Crippen MR) is 126 cm³/mol. The van der Waals surface area contributed by atoms with E-state index in [2.05, 4.69) is 5.32 Å². The first-order chi connectivity index (χ1) is 15.4. The molecule has 0 aliphatic heterocycles. The molecule has 4 aromatic rings. The average molecular weight is 448 g/mol. The van der Waals surface area contributed by atoms with E-state index in [1.165, 1.54) is 6.08 Å². The SMILES string of the molecule is Cc1ccc(-c2ccc(/C=C/C(=O)Nc3ccc(-c4ccc(CO)o4)c(C)c3)o2)cc1Cl. The third-order valence-corrected chi connectivity index (χ3v) is 5.47. The van der Waals surface area contributed by atoms with Gasteiger partial charge in [-0.1, -0.05) is 23.7 Å². The number of carbonyl (C=O) groups excluding carboxylic acids is 1. The molecule has 0 saturated heterocycles. The van der Waals surface area contributed by atoms with Crippen molar-refractivity contribution >= 4 is 29.3 Å². The third kappa shape index (κ3) is 4.85. The quantitative estimate of drug-likeness (QED) is 0.325. The molecular weight excluding hydrogens is 426 g/mol. The Morgan fingerprint density at radius 3 is 2.50 bits per heavy atom. The Labute approximate surface area is 191 Å². The molecule has 162 valence electrons. The fourth-order valence-electron chi connectivity index (χ4n) is 3.31. The summed E-state index contributed by atoms with van der Waals surface area (Å²) in [5.74, 6) is 2.16. The van der Waals surface area contributed by atoms with Crippen molar-refractivity contribution in [3.05, 3.63) is 94.4 Å². The van der Waals surface area contributed by atoms with Crippen LogP contribution in [0.5, 0.6) is 0 Å². The van der Waals surface area contributed by atoms with Crippen molar-refractivity contribution < 1.29 is 18.7 Å².